The summed E-state index contributed by atoms with van der Waals surface area (Å²) in [6.45, 7) is 18.8. The minimum Gasteiger partial charge on any atom is -0.726 e. The van der Waals surface area contributed by atoms with Crippen LogP contribution < -0.4 is 5.32 Å². The van der Waals surface area contributed by atoms with Gasteiger partial charge in [-0.25, -0.2) is 8.42 Å². The third-order valence-electron chi connectivity index (χ3n) is 3.76. The normalized spacial score (nSPS) is 11.4. The maximum atomic E-state index is 11.3. The molecule has 1 amide bonds. The number of carbonyl (C=O) groups excluding carboxylic acids is 1. The van der Waals surface area contributed by atoms with E-state index >= 15 is 0 Å². The summed E-state index contributed by atoms with van der Waals surface area (Å²) in [7, 11) is -4.42. The molecule has 7 nitrogen and oxygen atoms in total. The van der Waals surface area contributed by atoms with Crippen molar-refractivity contribution in [3.63, 3.8) is 0 Å². The second-order valence-corrected chi connectivity index (χ2v) is 6.27. The van der Waals surface area contributed by atoms with Crippen molar-refractivity contribution in [3.8, 4) is 0 Å². The number of amides is 1. The molecule has 0 aromatic heterocycles. The minimum absolute atomic E-state index is 0.0254. The fraction of sp³-hybridized carbons (Fsp3) is 0.800. The number of rotatable bonds is 10. The topological polar surface area (TPSA) is 95.5 Å². The van der Waals surface area contributed by atoms with Crippen molar-refractivity contribution in [1.29, 1.82) is 0 Å². The molecule has 0 saturated carbocycles. The van der Waals surface area contributed by atoms with Gasteiger partial charge in [0.15, 0.2) is 0 Å². The van der Waals surface area contributed by atoms with Crippen molar-refractivity contribution >= 4 is 16.3 Å². The lowest BCUT2D eigenvalue weighted by Gasteiger charge is -2.35. The van der Waals surface area contributed by atoms with E-state index in [4.69, 9.17) is 0 Å². The van der Waals surface area contributed by atoms with Crippen LogP contribution in [-0.4, -0.2) is 62.7 Å². The average Bonchev–Trinajstić information content (AvgIpc) is 2.47. The second kappa shape index (κ2) is 12.5. The first kappa shape index (κ1) is 24.3. The first-order chi connectivity index (χ1) is 10.6. The summed E-state index contributed by atoms with van der Waals surface area (Å²) in [4.78, 5) is 11.3. The molecule has 0 aromatic carbocycles. The molecule has 0 saturated heterocycles. The van der Waals surface area contributed by atoms with Crippen molar-refractivity contribution in [1.82, 2.24) is 5.32 Å². The van der Waals surface area contributed by atoms with Crippen LogP contribution in [0.2, 0.25) is 0 Å². The monoisotopic (exact) mass is 352 g/mol. The van der Waals surface area contributed by atoms with Crippen LogP contribution in [0.5, 0.6) is 0 Å². The average molecular weight is 352 g/mol. The predicted octanol–water partition coefficient (Wildman–Crippen LogP) is 1.43. The fourth-order valence-corrected chi connectivity index (χ4v) is 2.35. The largest absolute Gasteiger partial charge is 0.726 e. The molecule has 0 bridgehead atoms. The van der Waals surface area contributed by atoms with Gasteiger partial charge in [-0.1, -0.05) is 6.58 Å². The second-order valence-electron chi connectivity index (χ2n) is 5.22. The van der Waals surface area contributed by atoms with Crippen molar-refractivity contribution in [3.05, 3.63) is 12.2 Å². The number of quaternary nitrogens is 1. The van der Waals surface area contributed by atoms with E-state index in [0.29, 0.717) is 5.57 Å². The van der Waals surface area contributed by atoms with Gasteiger partial charge in [0.2, 0.25) is 16.3 Å². The van der Waals surface area contributed by atoms with Crippen LogP contribution >= 0.6 is 0 Å². The summed E-state index contributed by atoms with van der Waals surface area (Å²) in [5.74, 6) is -0.0254. The summed E-state index contributed by atoms with van der Waals surface area (Å²) in [6, 6.07) is 0. The molecule has 0 heterocycles. The zero-order valence-corrected chi connectivity index (χ0v) is 15.9. The Bertz CT molecular complexity index is 437. The maximum Gasteiger partial charge on any atom is 0.246 e. The first-order valence-electron chi connectivity index (χ1n) is 7.96. The van der Waals surface area contributed by atoms with E-state index in [-0.39, 0.29) is 12.5 Å². The highest BCUT2D eigenvalue weighted by molar-refractivity contribution is 7.80. The van der Waals surface area contributed by atoms with Crippen LogP contribution in [0.25, 0.3) is 0 Å². The Morgan fingerprint density at radius 2 is 1.65 bits per heavy atom. The number of hydrogen-bond acceptors (Lipinski definition) is 5. The van der Waals surface area contributed by atoms with Gasteiger partial charge in [-0.05, 0) is 34.6 Å². The van der Waals surface area contributed by atoms with Crippen molar-refractivity contribution < 1.29 is 26.4 Å². The van der Waals surface area contributed by atoms with Crippen molar-refractivity contribution in [2.45, 2.75) is 41.0 Å². The molecule has 23 heavy (non-hydrogen) atoms. The third-order valence-corrected chi connectivity index (χ3v) is 4.28. The first-order valence-corrected chi connectivity index (χ1v) is 9.29. The maximum absolute atomic E-state index is 11.3. The van der Waals surface area contributed by atoms with E-state index in [1.165, 1.54) is 26.6 Å². The van der Waals surface area contributed by atoms with E-state index in [0.717, 1.165) is 24.0 Å². The lowest BCUT2D eigenvalue weighted by Crippen LogP contribution is -2.48. The van der Waals surface area contributed by atoms with Gasteiger partial charge in [0.1, 0.15) is 0 Å². The van der Waals surface area contributed by atoms with Gasteiger partial charge in [0.25, 0.3) is 0 Å². The molecule has 0 aliphatic carbocycles. The van der Waals surface area contributed by atoms with E-state index in [2.05, 4.69) is 36.9 Å². The van der Waals surface area contributed by atoms with Crippen LogP contribution in [-0.2, 0) is 19.4 Å². The van der Waals surface area contributed by atoms with Crippen LogP contribution in [0.4, 0.5) is 0 Å². The SMILES string of the molecule is C=C(C)C(=O)NCCC[N+](CC)(CC)CC.CCOS(=O)(=O)[O-]. The molecular weight excluding hydrogens is 320 g/mol. The Kier molecular flexibility index (Phi) is 13.2. The van der Waals surface area contributed by atoms with Gasteiger partial charge >= 0.3 is 0 Å². The van der Waals surface area contributed by atoms with E-state index in [9.17, 15) is 17.8 Å². The molecule has 0 fully saturated rings. The van der Waals surface area contributed by atoms with Gasteiger partial charge in [0.05, 0.1) is 32.8 Å². The van der Waals surface area contributed by atoms with Gasteiger partial charge in [0, 0.05) is 18.5 Å². The predicted molar refractivity (Wildman–Crippen MR) is 90.5 cm³/mol. The van der Waals surface area contributed by atoms with Crippen molar-refractivity contribution in [2.24, 2.45) is 0 Å². The smallest absolute Gasteiger partial charge is 0.246 e. The molecule has 1 N–H and O–H groups in total. The zero-order chi connectivity index (χ0) is 18.5. The molecule has 0 aliphatic heterocycles. The highest BCUT2D eigenvalue weighted by Crippen LogP contribution is 2.06. The Morgan fingerprint density at radius 1 is 1.17 bits per heavy atom. The summed E-state index contributed by atoms with van der Waals surface area (Å²) in [6.07, 6.45) is 1.04. The molecule has 138 valence electrons. The molecule has 0 unspecified atom stereocenters. The van der Waals surface area contributed by atoms with Gasteiger partial charge in [-0.2, -0.15) is 0 Å². The Hall–Kier alpha value is -0.960. The third kappa shape index (κ3) is 13.2. The lowest BCUT2D eigenvalue weighted by atomic mass is 10.2. The van der Waals surface area contributed by atoms with Crippen LogP contribution in [0.15, 0.2) is 12.2 Å². The van der Waals surface area contributed by atoms with E-state index in [1.54, 1.807) is 6.92 Å². The highest BCUT2D eigenvalue weighted by Gasteiger charge is 2.19. The fourth-order valence-electron chi connectivity index (χ4n) is 2.06. The quantitative estimate of drug-likeness (QED) is 0.211. The Labute approximate surface area is 141 Å². The van der Waals surface area contributed by atoms with Gasteiger partial charge in [-0.15, -0.1) is 0 Å². The van der Waals surface area contributed by atoms with Crippen LogP contribution in [0, 0.1) is 0 Å². The van der Waals surface area contributed by atoms with Crippen molar-refractivity contribution in [2.75, 3.05) is 39.3 Å². The molecule has 0 atom stereocenters. The summed E-state index contributed by atoms with van der Waals surface area (Å²) in [5.41, 5.74) is 0.585. The standard InChI is InChI=1S/C13H26N2O.C2H6O4S/c1-6-15(7-2,8-3)11-9-10-14-13(16)12(4)5;1-2-6-7(3,4)5/h4,6-11H2,1-3,5H3;2H2,1H3,(H,3,4,5). The number of hydrogen-bond donors (Lipinski definition) is 1. The molecule has 0 aromatic rings. The van der Waals surface area contributed by atoms with Crippen LogP contribution in [0.3, 0.4) is 0 Å². The lowest BCUT2D eigenvalue weighted by molar-refractivity contribution is -0.923. The zero-order valence-electron chi connectivity index (χ0n) is 15.1. The minimum atomic E-state index is -4.42. The summed E-state index contributed by atoms with van der Waals surface area (Å²) < 4.78 is 33.1. The van der Waals surface area contributed by atoms with Gasteiger partial charge < -0.3 is 14.4 Å². The van der Waals surface area contributed by atoms with E-state index in [1.807, 2.05) is 0 Å². The number of nitrogens with zero attached hydrogens (tertiary/aromatic N) is 1. The molecule has 0 rings (SSSR count). The highest BCUT2D eigenvalue weighted by atomic mass is 32.3. The molecule has 8 heteroatoms. The Balaban J connectivity index is 0. The van der Waals surface area contributed by atoms with Crippen LogP contribution in [0.1, 0.15) is 41.0 Å². The summed E-state index contributed by atoms with van der Waals surface area (Å²) in [5, 5.41) is 2.88. The van der Waals surface area contributed by atoms with Gasteiger partial charge in [-0.3, -0.25) is 8.98 Å². The summed E-state index contributed by atoms with van der Waals surface area (Å²) >= 11 is 0. The Morgan fingerprint density at radius 3 is 1.91 bits per heavy atom. The molecular formula is C15H32N2O5S. The molecule has 0 radical (unpaired) electrons. The molecule has 0 spiro atoms. The number of nitrogens with one attached hydrogen (secondary N) is 1. The number of carbonyl (C=O) groups is 1. The van der Waals surface area contributed by atoms with E-state index < -0.39 is 10.4 Å². The molecule has 0 aliphatic rings.